The van der Waals surface area contributed by atoms with Gasteiger partial charge >= 0.3 is 5.97 Å². The van der Waals surface area contributed by atoms with Crippen molar-refractivity contribution in [2.24, 2.45) is 0 Å². The molecule has 0 bridgehead atoms. The van der Waals surface area contributed by atoms with Gasteiger partial charge in [0.2, 0.25) is 0 Å². The zero-order valence-corrected chi connectivity index (χ0v) is 13.6. The van der Waals surface area contributed by atoms with Crippen molar-refractivity contribution in [3.05, 3.63) is 0 Å². The third-order valence-corrected chi connectivity index (χ3v) is 4.92. The van der Waals surface area contributed by atoms with Gasteiger partial charge in [-0.2, -0.15) is 0 Å². The molecule has 0 radical (unpaired) electrons. The van der Waals surface area contributed by atoms with Crippen molar-refractivity contribution in [2.75, 3.05) is 5.75 Å². The van der Waals surface area contributed by atoms with E-state index in [-0.39, 0.29) is 5.25 Å². The molecule has 0 fully saturated rings. The highest BCUT2D eigenvalue weighted by molar-refractivity contribution is 8.00. The molecule has 1 unspecified atom stereocenters. The SMILES string of the molecule is CCCCCCCCCCCCSC(CC)C(=O)O. The fourth-order valence-electron chi connectivity index (χ4n) is 2.18. The van der Waals surface area contributed by atoms with Gasteiger partial charge in [0.1, 0.15) is 5.25 Å². The summed E-state index contributed by atoms with van der Waals surface area (Å²) in [5.74, 6) is 0.348. The lowest BCUT2D eigenvalue weighted by molar-refractivity contribution is -0.136. The zero-order chi connectivity index (χ0) is 14.3. The molecule has 0 heterocycles. The maximum atomic E-state index is 10.8. The summed E-state index contributed by atoms with van der Waals surface area (Å²) in [4.78, 5) is 10.8. The van der Waals surface area contributed by atoms with Crippen LogP contribution in [0, 0.1) is 0 Å². The number of hydrogen-bond acceptors (Lipinski definition) is 2. The van der Waals surface area contributed by atoms with Crippen molar-refractivity contribution in [2.45, 2.75) is 89.7 Å². The first kappa shape index (κ1) is 18.8. The summed E-state index contributed by atoms with van der Waals surface area (Å²) in [6.07, 6.45) is 14.1. The molecule has 0 aromatic carbocycles. The van der Waals surface area contributed by atoms with Crippen molar-refractivity contribution < 1.29 is 9.90 Å². The highest BCUT2D eigenvalue weighted by Crippen LogP contribution is 2.18. The van der Waals surface area contributed by atoms with Crippen LogP contribution in [0.3, 0.4) is 0 Å². The van der Waals surface area contributed by atoms with Crippen molar-refractivity contribution in [3.8, 4) is 0 Å². The van der Waals surface area contributed by atoms with Gasteiger partial charge in [0.25, 0.3) is 0 Å². The molecule has 0 rings (SSSR count). The fraction of sp³-hybridized carbons (Fsp3) is 0.938. The number of carboxylic acids is 1. The van der Waals surface area contributed by atoms with Crippen LogP contribution in [0.25, 0.3) is 0 Å². The van der Waals surface area contributed by atoms with Crippen LogP contribution in [-0.4, -0.2) is 22.1 Å². The van der Waals surface area contributed by atoms with Crippen LogP contribution < -0.4 is 0 Å². The molecule has 0 aliphatic rings. The van der Waals surface area contributed by atoms with E-state index in [1.165, 1.54) is 64.2 Å². The van der Waals surface area contributed by atoms with Gasteiger partial charge in [-0.15, -0.1) is 11.8 Å². The van der Waals surface area contributed by atoms with Crippen LogP contribution in [0.5, 0.6) is 0 Å². The molecule has 1 N–H and O–H groups in total. The molecule has 0 saturated carbocycles. The summed E-state index contributed by atoms with van der Waals surface area (Å²) in [7, 11) is 0. The Kier molecular flexibility index (Phi) is 14.1. The van der Waals surface area contributed by atoms with Crippen LogP contribution in [0.2, 0.25) is 0 Å². The zero-order valence-electron chi connectivity index (χ0n) is 12.8. The first-order chi connectivity index (χ1) is 9.22. The van der Waals surface area contributed by atoms with Crippen LogP contribution >= 0.6 is 11.8 Å². The van der Waals surface area contributed by atoms with Crippen molar-refractivity contribution in [1.82, 2.24) is 0 Å². The number of thioether (sulfide) groups is 1. The number of rotatable bonds is 14. The van der Waals surface area contributed by atoms with Crippen LogP contribution in [0.4, 0.5) is 0 Å². The normalized spacial score (nSPS) is 12.5. The van der Waals surface area contributed by atoms with Gasteiger partial charge in [-0.3, -0.25) is 4.79 Å². The average molecular weight is 288 g/mol. The summed E-state index contributed by atoms with van der Waals surface area (Å²) < 4.78 is 0. The highest BCUT2D eigenvalue weighted by atomic mass is 32.2. The van der Waals surface area contributed by atoms with Crippen molar-refractivity contribution >= 4 is 17.7 Å². The van der Waals surface area contributed by atoms with Crippen molar-refractivity contribution in [3.63, 3.8) is 0 Å². The van der Waals surface area contributed by atoms with Gasteiger partial charge in [0.05, 0.1) is 0 Å². The summed E-state index contributed by atoms with van der Waals surface area (Å²) in [6, 6.07) is 0. The maximum Gasteiger partial charge on any atom is 0.316 e. The minimum Gasteiger partial charge on any atom is -0.480 e. The number of carbonyl (C=O) groups is 1. The number of hydrogen-bond donors (Lipinski definition) is 1. The summed E-state index contributed by atoms with van der Waals surface area (Å²) in [5, 5.41) is 8.72. The Morgan fingerprint density at radius 1 is 0.895 bits per heavy atom. The molecule has 0 aromatic heterocycles. The van der Waals surface area contributed by atoms with Gasteiger partial charge in [-0.05, 0) is 18.6 Å². The molecule has 0 spiro atoms. The van der Waals surface area contributed by atoms with Gasteiger partial charge in [-0.25, -0.2) is 0 Å². The Hall–Kier alpha value is -0.180. The second-order valence-electron chi connectivity index (χ2n) is 5.29. The fourth-order valence-corrected chi connectivity index (χ4v) is 3.21. The molecule has 114 valence electrons. The second kappa shape index (κ2) is 14.2. The van der Waals surface area contributed by atoms with Crippen LogP contribution in [0.15, 0.2) is 0 Å². The summed E-state index contributed by atoms with van der Waals surface area (Å²) >= 11 is 1.61. The molecule has 1 atom stereocenters. The Bertz CT molecular complexity index is 207. The van der Waals surface area contributed by atoms with E-state index in [9.17, 15) is 4.79 Å². The average Bonchev–Trinajstić information content (AvgIpc) is 2.40. The van der Waals surface area contributed by atoms with Gasteiger partial charge in [0.15, 0.2) is 0 Å². The van der Waals surface area contributed by atoms with Gasteiger partial charge in [-0.1, -0.05) is 71.6 Å². The Morgan fingerprint density at radius 3 is 1.79 bits per heavy atom. The molecule has 0 amide bonds. The predicted molar refractivity (Wildman–Crippen MR) is 86.0 cm³/mol. The van der Waals surface area contributed by atoms with E-state index in [0.29, 0.717) is 0 Å². The number of aliphatic carboxylic acids is 1. The van der Waals surface area contributed by atoms with E-state index in [1.807, 2.05) is 6.92 Å². The highest BCUT2D eigenvalue weighted by Gasteiger charge is 2.14. The van der Waals surface area contributed by atoms with Crippen LogP contribution in [0.1, 0.15) is 84.5 Å². The second-order valence-corrected chi connectivity index (χ2v) is 6.60. The molecular formula is C16H32O2S. The molecular weight excluding hydrogens is 256 g/mol. The molecule has 0 saturated heterocycles. The lowest BCUT2D eigenvalue weighted by Crippen LogP contribution is -2.15. The first-order valence-corrected chi connectivity index (χ1v) is 9.11. The Balaban J connectivity index is 3.16. The smallest absolute Gasteiger partial charge is 0.316 e. The Labute approximate surface area is 123 Å². The summed E-state index contributed by atoms with van der Waals surface area (Å²) in [5.41, 5.74) is 0. The van der Waals surface area contributed by atoms with Crippen LogP contribution in [-0.2, 0) is 4.79 Å². The van der Waals surface area contributed by atoms with E-state index in [1.54, 1.807) is 11.8 Å². The maximum absolute atomic E-state index is 10.8. The molecule has 0 aliphatic heterocycles. The first-order valence-electron chi connectivity index (χ1n) is 8.06. The van der Waals surface area contributed by atoms with E-state index < -0.39 is 5.97 Å². The third kappa shape index (κ3) is 12.6. The molecule has 0 aliphatic carbocycles. The topological polar surface area (TPSA) is 37.3 Å². The van der Waals surface area contributed by atoms with E-state index in [2.05, 4.69) is 6.92 Å². The number of unbranched alkanes of at least 4 members (excludes halogenated alkanes) is 9. The minimum atomic E-state index is -0.653. The van der Waals surface area contributed by atoms with E-state index in [4.69, 9.17) is 5.11 Å². The Morgan fingerprint density at radius 2 is 1.37 bits per heavy atom. The molecule has 19 heavy (non-hydrogen) atoms. The quantitative estimate of drug-likeness (QED) is 0.429. The van der Waals surface area contributed by atoms with E-state index >= 15 is 0 Å². The van der Waals surface area contributed by atoms with Gasteiger partial charge < -0.3 is 5.11 Å². The predicted octanol–water partition coefficient (Wildman–Crippen LogP) is 5.50. The largest absolute Gasteiger partial charge is 0.480 e. The lowest BCUT2D eigenvalue weighted by Gasteiger charge is -2.08. The minimum absolute atomic E-state index is 0.196. The van der Waals surface area contributed by atoms with E-state index in [0.717, 1.165) is 12.2 Å². The van der Waals surface area contributed by atoms with Crippen molar-refractivity contribution in [1.29, 1.82) is 0 Å². The monoisotopic (exact) mass is 288 g/mol. The number of carboxylic acid groups (broad SMARTS) is 1. The molecule has 3 heteroatoms. The van der Waals surface area contributed by atoms with Gasteiger partial charge in [0, 0.05) is 0 Å². The third-order valence-electron chi connectivity index (χ3n) is 3.46. The molecule has 0 aromatic rings. The standard InChI is InChI=1S/C16H32O2S/c1-3-5-6-7-8-9-10-11-12-13-14-19-15(4-2)16(17)18/h15H,3-14H2,1-2H3,(H,17,18). The molecule has 2 nitrogen and oxygen atoms in total. The summed E-state index contributed by atoms with van der Waals surface area (Å²) in [6.45, 7) is 4.20. The lowest BCUT2D eigenvalue weighted by atomic mass is 10.1.